The first-order chi connectivity index (χ1) is 12.2. The highest BCUT2D eigenvalue weighted by Crippen LogP contribution is 2.21. The van der Waals surface area contributed by atoms with E-state index < -0.39 is 0 Å². The molecule has 0 aliphatic rings. The number of hydrogen-bond donors (Lipinski definition) is 0. The Morgan fingerprint density at radius 2 is 2.04 bits per heavy atom. The molecule has 0 aliphatic carbocycles. The summed E-state index contributed by atoms with van der Waals surface area (Å²) in [6.07, 6.45) is 2.85. The monoisotopic (exact) mass is 373 g/mol. The Balaban J connectivity index is 1.51. The van der Waals surface area contributed by atoms with Gasteiger partial charge in [0.15, 0.2) is 0 Å². The van der Waals surface area contributed by atoms with Crippen molar-refractivity contribution >= 4 is 29.0 Å². The van der Waals surface area contributed by atoms with E-state index in [0.29, 0.717) is 31.2 Å². The zero-order chi connectivity index (χ0) is 17.6. The molecule has 0 aliphatic heterocycles. The molecule has 5 nitrogen and oxygen atoms in total. The Labute approximate surface area is 155 Å². The first kappa shape index (κ1) is 17.7. The van der Waals surface area contributed by atoms with Crippen LogP contribution in [0.15, 0.2) is 50.4 Å². The molecule has 3 rings (SSSR count). The van der Waals surface area contributed by atoms with Crippen molar-refractivity contribution < 1.29 is 9.21 Å². The van der Waals surface area contributed by atoms with Crippen LogP contribution in [0, 0.1) is 0 Å². The third kappa shape index (κ3) is 4.70. The molecule has 0 bridgehead atoms. The van der Waals surface area contributed by atoms with Crippen molar-refractivity contribution in [3.8, 4) is 11.5 Å². The van der Waals surface area contributed by atoms with Crippen LogP contribution in [0.1, 0.15) is 17.9 Å². The average molecular weight is 374 g/mol. The fourth-order valence-electron chi connectivity index (χ4n) is 2.36. The van der Waals surface area contributed by atoms with Crippen molar-refractivity contribution in [3.05, 3.63) is 52.5 Å². The van der Waals surface area contributed by atoms with E-state index in [4.69, 9.17) is 4.42 Å². The second-order valence-corrected chi connectivity index (χ2v) is 7.27. The van der Waals surface area contributed by atoms with Gasteiger partial charge in [0.05, 0.1) is 0 Å². The second-order valence-electron chi connectivity index (χ2n) is 5.61. The summed E-state index contributed by atoms with van der Waals surface area (Å²) < 4.78 is 5.61. The maximum atomic E-state index is 12.3. The number of aromatic nitrogens is 2. The molecular formula is C18H19N3O2S2. The molecule has 0 saturated heterocycles. The maximum absolute atomic E-state index is 12.3. The molecule has 0 fully saturated rings. The van der Waals surface area contributed by atoms with E-state index in [1.807, 2.05) is 30.1 Å². The number of hydrogen-bond acceptors (Lipinski definition) is 6. The van der Waals surface area contributed by atoms with Gasteiger partial charge in [-0.2, -0.15) is 11.3 Å². The predicted molar refractivity (Wildman–Crippen MR) is 101 cm³/mol. The number of aryl methyl sites for hydroxylation is 1. The van der Waals surface area contributed by atoms with Gasteiger partial charge in [-0.15, -0.1) is 22.0 Å². The van der Waals surface area contributed by atoms with E-state index in [1.54, 1.807) is 28.0 Å². The van der Waals surface area contributed by atoms with Gasteiger partial charge in [-0.25, -0.2) is 0 Å². The lowest BCUT2D eigenvalue weighted by Crippen LogP contribution is -2.26. The molecule has 0 saturated carbocycles. The molecule has 0 N–H and O–H groups in total. The number of carbonyl (C=O) groups excluding carboxylic acids is 1. The molecule has 2 heterocycles. The van der Waals surface area contributed by atoms with E-state index in [0.717, 1.165) is 11.1 Å². The van der Waals surface area contributed by atoms with Gasteiger partial charge >= 0.3 is 0 Å². The van der Waals surface area contributed by atoms with Gasteiger partial charge in [0.2, 0.25) is 17.7 Å². The van der Waals surface area contributed by atoms with Crippen molar-refractivity contribution in [2.45, 2.75) is 24.3 Å². The van der Waals surface area contributed by atoms with Crippen LogP contribution in [-0.2, 0) is 17.8 Å². The quantitative estimate of drug-likeness (QED) is 0.583. The van der Waals surface area contributed by atoms with Gasteiger partial charge in [-0.1, -0.05) is 12.1 Å². The topological polar surface area (TPSA) is 59.2 Å². The highest BCUT2D eigenvalue weighted by atomic mass is 32.2. The lowest BCUT2D eigenvalue weighted by atomic mass is 10.2. The van der Waals surface area contributed by atoms with E-state index in [1.165, 1.54) is 4.90 Å². The van der Waals surface area contributed by atoms with Crippen LogP contribution in [0.25, 0.3) is 11.5 Å². The molecule has 0 spiro atoms. The van der Waals surface area contributed by atoms with E-state index in [-0.39, 0.29) is 5.91 Å². The Morgan fingerprint density at radius 3 is 2.72 bits per heavy atom. The number of benzene rings is 1. The summed E-state index contributed by atoms with van der Waals surface area (Å²) in [5.74, 6) is 1.06. The number of rotatable bonds is 7. The van der Waals surface area contributed by atoms with Gasteiger partial charge in [-0.05, 0) is 35.4 Å². The summed E-state index contributed by atoms with van der Waals surface area (Å²) in [4.78, 5) is 15.3. The van der Waals surface area contributed by atoms with Gasteiger partial charge in [0.25, 0.3) is 0 Å². The molecular weight excluding hydrogens is 354 g/mol. The van der Waals surface area contributed by atoms with Crippen molar-refractivity contribution in [1.29, 1.82) is 0 Å². The van der Waals surface area contributed by atoms with E-state index >= 15 is 0 Å². The van der Waals surface area contributed by atoms with Gasteiger partial charge in [-0.3, -0.25) is 4.79 Å². The van der Waals surface area contributed by atoms with Crippen molar-refractivity contribution in [2.24, 2.45) is 0 Å². The Hall–Kier alpha value is -2.12. The summed E-state index contributed by atoms with van der Waals surface area (Å²) in [5, 5.41) is 12.0. The highest BCUT2D eigenvalue weighted by Gasteiger charge is 2.13. The minimum atomic E-state index is 0.0595. The fourth-order valence-corrected chi connectivity index (χ4v) is 3.39. The minimum absolute atomic E-state index is 0.0595. The fraction of sp³-hybridized carbons (Fsp3) is 0.278. The van der Waals surface area contributed by atoms with Crippen molar-refractivity contribution in [3.63, 3.8) is 0 Å². The first-order valence-corrected chi connectivity index (χ1v) is 10.0. The smallest absolute Gasteiger partial charge is 0.248 e. The molecule has 0 atom stereocenters. The number of thioether (sulfide) groups is 1. The third-order valence-corrected chi connectivity index (χ3v) is 5.22. The van der Waals surface area contributed by atoms with E-state index in [9.17, 15) is 4.79 Å². The summed E-state index contributed by atoms with van der Waals surface area (Å²) in [5.41, 5.74) is 2.03. The summed E-state index contributed by atoms with van der Waals surface area (Å²) >= 11 is 3.29. The Kier molecular flexibility index (Phi) is 5.88. The minimum Gasteiger partial charge on any atom is -0.421 e. The normalized spacial score (nSPS) is 10.8. The van der Waals surface area contributed by atoms with Crippen LogP contribution in [0.2, 0.25) is 0 Å². The van der Waals surface area contributed by atoms with Crippen LogP contribution in [0.5, 0.6) is 0 Å². The molecule has 25 heavy (non-hydrogen) atoms. The summed E-state index contributed by atoms with van der Waals surface area (Å²) in [6, 6.07) is 10.2. The van der Waals surface area contributed by atoms with Crippen molar-refractivity contribution in [2.75, 3.05) is 13.3 Å². The lowest BCUT2D eigenvalue weighted by molar-refractivity contribution is -0.130. The number of nitrogens with zero attached hydrogens (tertiary/aromatic N) is 3. The Bertz CT molecular complexity index is 813. The standard InChI is InChI=1S/C18H19N3O2S2/c1-21(11-13-3-5-15(24-2)6-4-13)17(22)8-7-16-19-20-18(23-16)14-9-10-25-12-14/h3-6,9-10,12H,7-8,11H2,1-2H3. The summed E-state index contributed by atoms with van der Waals surface area (Å²) in [6.45, 7) is 0.595. The largest absolute Gasteiger partial charge is 0.421 e. The molecule has 7 heteroatoms. The highest BCUT2D eigenvalue weighted by molar-refractivity contribution is 7.98. The molecule has 0 unspecified atom stereocenters. The van der Waals surface area contributed by atoms with Gasteiger partial charge < -0.3 is 9.32 Å². The Morgan fingerprint density at radius 1 is 1.24 bits per heavy atom. The molecule has 3 aromatic rings. The van der Waals surface area contributed by atoms with Gasteiger partial charge in [0, 0.05) is 42.3 Å². The van der Waals surface area contributed by atoms with Crippen LogP contribution in [-0.4, -0.2) is 34.3 Å². The van der Waals surface area contributed by atoms with Crippen LogP contribution in [0.4, 0.5) is 0 Å². The van der Waals surface area contributed by atoms with E-state index in [2.05, 4.69) is 34.5 Å². The number of carbonyl (C=O) groups is 1. The third-order valence-electron chi connectivity index (χ3n) is 3.79. The molecule has 2 aromatic heterocycles. The summed E-state index contributed by atoms with van der Waals surface area (Å²) in [7, 11) is 1.81. The van der Waals surface area contributed by atoms with Gasteiger partial charge in [0.1, 0.15) is 0 Å². The first-order valence-electron chi connectivity index (χ1n) is 7.87. The molecule has 0 radical (unpaired) electrons. The lowest BCUT2D eigenvalue weighted by Gasteiger charge is -2.17. The molecule has 1 amide bonds. The molecule has 130 valence electrons. The number of amides is 1. The predicted octanol–water partition coefficient (Wildman–Crippen LogP) is 4.11. The zero-order valence-electron chi connectivity index (χ0n) is 14.1. The van der Waals surface area contributed by atoms with Crippen LogP contribution in [0.3, 0.4) is 0 Å². The SMILES string of the molecule is CSc1ccc(CN(C)C(=O)CCc2nnc(-c3ccsc3)o2)cc1. The second kappa shape index (κ2) is 8.31. The molecule has 1 aromatic carbocycles. The maximum Gasteiger partial charge on any atom is 0.248 e. The van der Waals surface area contributed by atoms with Crippen LogP contribution >= 0.6 is 23.1 Å². The average Bonchev–Trinajstić information content (AvgIpc) is 3.31. The number of thiophene rings is 1. The van der Waals surface area contributed by atoms with Crippen LogP contribution < -0.4 is 0 Å². The van der Waals surface area contributed by atoms with Crippen molar-refractivity contribution in [1.82, 2.24) is 15.1 Å². The zero-order valence-corrected chi connectivity index (χ0v) is 15.8.